The Morgan fingerprint density at radius 3 is 1.82 bits per heavy atom. The molecule has 0 radical (unpaired) electrons. The molecule has 0 saturated heterocycles. The van der Waals surface area contributed by atoms with E-state index in [1.165, 1.54) is 74.7 Å². The largest absolute Gasteiger partial charge is 0.493 e. The molecule has 4 saturated carbocycles. The van der Waals surface area contributed by atoms with E-state index < -0.39 is 0 Å². The lowest BCUT2D eigenvalue weighted by Crippen LogP contribution is -2.45. The smallest absolute Gasteiger partial charge is 0.187 e. The van der Waals surface area contributed by atoms with Gasteiger partial charge in [-0.1, -0.05) is 24.3 Å². The molecule has 8 rings (SSSR count). The van der Waals surface area contributed by atoms with Crippen molar-refractivity contribution in [1.82, 2.24) is 0 Å². The summed E-state index contributed by atoms with van der Waals surface area (Å²) >= 11 is 0. The van der Waals surface area contributed by atoms with Gasteiger partial charge in [-0.05, 0) is 117 Å². The molecule has 174 valence electrons. The quantitative estimate of drug-likeness (QED) is 0.266. The summed E-state index contributed by atoms with van der Waals surface area (Å²) in [6, 6.07) is 22.7. The molecule has 0 aliphatic heterocycles. The molecule has 2 heteroatoms. The molecular formula is C32H35OS+. The van der Waals surface area contributed by atoms with E-state index in [-0.39, 0.29) is 10.5 Å². The average molecular weight is 468 g/mol. The van der Waals surface area contributed by atoms with Crippen LogP contribution >= 0.6 is 10.5 Å². The Morgan fingerprint density at radius 2 is 1.26 bits per heavy atom. The first kappa shape index (κ1) is 21.0. The van der Waals surface area contributed by atoms with E-state index in [2.05, 4.69) is 74.5 Å². The molecule has 1 nitrogen and oxygen atoms in total. The lowest BCUT2D eigenvalue weighted by Gasteiger charge is -2.54. The Labute approximate surface area is 206 Å². The summed E-state index contributed by atoms with van der Waals surface area (Å²) in [5.41, 5.74) is 2.57. The van der Waals surface area contributed by atoms with E-state index in [9.17, 15) is 0 Å². The van der Waals surface area contributed by atoms with Crippen molar-refractivity contribution in [2.75, 3.05) is 6.61 Å². The van der Waals surface area contributed by atoms with Crippen LogP contribution < -0.4 is 4.74 Å². The van der Waals surface area contributed by atoms with E-state index in [0.717, 1.165) is 41.9 Å². The highest BCUT2D eigenvalue weighted by Crippen LogP contribution is 2.57. The Hall–Kier alpha value is -2.32. The first-order chi connectivity index (χ1) is 16.7. The second kappa shape index (κ2) is 8.12. The summed E-state index contributed by atoms with van der Waals surface area (Å²) in [7, 11) is -0.0370. The number of thiophene rings is 1. The van der Waals surface area contributed by atoms with Crippen molar-refractivity contribution in [1.29, 1.82) is 0 Å². The molecule has 0 atom stereocenters. The molecule has 4 aliphatic rings. The lowest BCUT2D eigenvalue weighted by molar-refractivity contribution is -0.0436. The van der Waals surface area contributed by atoms with Crippen molar-refractivity contribution in [3.8, 4) is 10.6 Å². The number of ether oxygens (including phenoxy) is 1. The van der Waals surface area contributed by atoms with Crippen molar-refractivity contribution in [3.63, 3.8) is 0 Å². The molecule has 4 aliphatic carbocycles. The summed E-state index contributed by atoms with van der Waals surface area (Å²) in [6.07, 6.45) is 8.83. The molecule has 0 amide bonds. The highest BCUT2D eigenvalue weighted by atomic mass is 32.2. The van der Waals surface area contributed by atoms with Gasteiger partial charge in [-0.25, -0.2) is 0 Å². The van der Waals surface area contributed by atoms with Crippen LogP contribution in [0.25, 0.3) is 25.1 Å². The van der Waals surface area contributed by atoms with Gasteiger partial charge in [-0.15, -0.1) is 0 Å². The maximum atomic E-state index is 6.53. The number of fused-ring (bicyclic) bond motifs is 3. The van der Waals surface area contributed by atoms with Gasteiger partial charge in [-0.2, -0.15) is 0 Å². The third-order valence-corrected chi connectivity index (χ3v) is 11.6. The van der Waals surface area contributed by atoms with Crippen molar-refractivity contribution >= 4 is 30.6 Å². The van der Waals surface area contributed by atoms with Crippen LogP contribution in [0.5, 0.6) is 5.75 Å². The van der Waals surface area contributed by atoms with Crippen molar-refractivity contribution in [2.45, 2.75) is 52.4 Å². The fourth-order valence-corrected chi connectivity index (χ4v) is 10.7. The number of rotatable bonds is 5. The molecule has 1 aromatic heterocycles. The second-order valence-electron chi connectivity index (χ2n) is 11.4. The zero-order valence-corrected chi connectivity index (χ0v) is 21.2. The van der Waals surface area contributed by atoms with Crippen LogP contribution in [0.15, 0.2) is 60.7 Å². The molecule has 4 bridgehead atoms. The van der Waals surface area contributed by atoms with E-state index in [0.29, 0.717) is 0 Å². The number of hydrogen-bond acceptors (Lipinski definition) is 1. The highest BCUT2D eigenvalue weighted by Gasteiger charge is 2.47. The van der Waals surface area contributed by atoms with E-state index in [1.54, 1.807) is 0 Å². The van der Waals surface area contributed by atoms with Crippen molar-refractivity contribution in [2.24, 2.45) is 29.6 Å². The molecule has 0 spiro atoms. The summed E-state index contributed by atoms with van der Waals surface area (Å²) in [5.74, 6) is 6.14. The van der Waals surface area contributed by atoms with Crippen LogP contribution in [0.1, 0.15) is 49.7 Å². The van der Waals surface area contributed by atoms with Gasteiger partial charge in [-0.3, -0.25) is 0 Å². The van der Waals surface area contributed by atoms with Gasteiger partial charge in [0.25, 0.3) is 0 Å². The number of hydrogen-bond donors (Lipinski definition) is 0. The normalized spacial score (nSPS) is 27.6. The van der Waals surface area contributed by atoms with Crippen LogP contribution in [0.4, 0.5) is 0 Å². The zero-order chi connectivity index (χ0) is 22.8. The summed E-state index contributed by atoms with van der Waals surface area (Å²) in [4.78, 5) is 1.42. The predicted molar refractivity (Wildman–Crippen MR) is 145 cm³/mol. The maximum Gasteiger partial charge on any atom is 0.187 e. The minimum Gasteiger partial charge on any atom is -0.493 e. The Bertz CT molecular complexity index is 1270. The predicted octanol–water partition coefficient (Wildman–Crippen LogP) is 9.19. The zero-order valence-electron chi connectivity index (χ0n) is 20.4. The first-order valence-electron chi connectivity index (χ1n) is 13.3. The first-order valence-corrected chi connectivity index (χ1v) is 14.5. The summed E-state index contributed by atoms with van der Waals surface area (Å²) in [6.45, 7) is 5.36. The third kappa shape index (κ3) is 3.33. The fraction of sp³-hybridized carbons (Fsp3) is 0.438. The maximum absolute atomic E-state index is 6.53. The monoisotopic (exact) mass is 467 g/mol. The summed E-state index contributed by atoms with van der Waals surface area (Å²) < 4.78 is 9.45. The van der Waals surface area contributed by atoms with E-state index in [4.69, 9.17) is 4.74 Å². The Kier molecular flexibility index (Phi) is 5.02. The topological polar surface area (TPSA) is 9.23 Å². The van der Waals surface area contributed by atoms with Gasteiger partial charge in [0.15, 0.2) is 14.3 Å². The molecule has 1 heterocycles. The second-order valence-corrected chi connectivity index (χ2v) is 13.4. The minimum absolute atomic E-state index is 0.0370. The van der Waals surface area contributed by atoms with Crippen LogP contribution in [0.2, 0.25) is 0 Å². The van der Waals surface area contributed by atoms with Gasteiger partial charge < -0.3 is 4.74 Å². The van der Waals surface area contributed by atoms with Gasteiger partial charge in [0, 0.05) is 33.4 Å². The summed E-state index contributed by atoms with van der Waals surface area (Å²) in [5, 5.41) is 2.79. The van der Waals surface area contributed by atoms with E-state index >= 15 is 0 Å². The van der Waals surface area contributed by atoms with Crippen LogP contribution in [0, 0.1) is 43.4 Å². The van der Waals surface area contributed by atoms with E-state index in [1.807, 2.05) is 0 Å². The molecule has 4 fully saturated rings. The third-order valence-electron chi connectivity index (χ3n) is 9.29. The fourth-order valence-electron chi connectivity index (χ4n) is 8.17. The number of benzene rings is 3. The van der Waals surface area contributed by atoms with Crippen LogP contribution in [-0.4, -0.2) is 6.61 Å². The van der Waals surface area contributed by atoms with Crippen molar-refractivity contribution in [3.05, 3.63) is 71.8 Å². The lowest BCUT2D eigenvalue weighted by atomic mass is 9.51. The molecular weight excluding hydrogens is 432 g/mol. The molecule has 0 unspecified atom stereocenters. The SMILES string of the molecule is Cc1cc(-[s+]2c3ccccc3c3ccccc32)cc(C)c1OCCC1C2CC3CC(C2)CC1C3. The molecule has 3 aromatic carbocycles. The number of aryl methyl sites for hydroxylation is 2. The molecule has 4 aromatic rings. The standard InChI is InChI=1S/C32H35OS/c1-20-13-26(34-30-9-5-3-7-28(30)29-8-4-6-10-31(29)34)14-21(2)32(20)33-12-11-27-24-16-22-15-23(18-24)19-25(27)17-22/h3-10,13-14,22-25,27H,11-12,15-19H2,1-2H3/q+1. The highest BCUT2D eigenvalue weighted by molar-refractivity contribution is 7.50. The van der Waals surface area contributed by atoms with Gasteiger partial charge in [0.1, 0.15) is 5.75 Å². The molecule has 34 heavy (non-hydrogen) atoms. The average Bonchev–Trinajstić information content (AvgIpc) is 3.16. The van der Waals surface area contributed by atoms with Gasteiger partial charge in [0.2, 0.25) is 0 Å². The van der Waals surface area contributed by atoms with Crippen molar-refractivity contribution < 1.29 is 4.74 Å². The molecule has 0 N–H and O–H groups in total. The Morgan fingerprint density at radius 1 is 0.735 bits per heavy atom. The van der Waals surface area contributed by atoms with Crippen LogP contribution in [0.3, 0.4) is 0 Å². The minimum atomic E-state index is -0.0370. The van der Waals surface area contributed by atoms with Gasteiger partial charge in [0.05, 0.1) is 6.61 Å². The van der Waals surface area contributed by atoms with Gasteiger partial charge >= 0.3 is 0 Å². The van der Waals surface area contributed by atoms with Crippen LogP contribution in [-0.2, 0) is 0 Å². The Balaban J connectivity index is 1.15.